The molecule has 198 valence electrons. The fourth-order valence-electron chi connectivity index (χ4n) is 4.57. The van der Waals surface area contributed by atoms with E-state index in [2.05, 4.69) is 15.5 Å². The SMILES string of the molecule is CO[C@H]1CN(C(=O)OC(C)(C)C)C[C@@H]1COc1cnn(C)c1-c1ccn2nc(NC(=O)C3CC3)cc2c1. The Balaban J connectivity index is 1.29. The van der Waals surface area contributed by atoms with Crippen LogP contribution in [0.2, 0.25) is 0 Å². The van der Waals surface area contributed by atoms with Crippen molar-refractivity contribution in [2.75, 3.05) is 32.1 Å². The molecule has 0 unspecified atom stereocenters. The Kier molecular flexibility index (Phi) is 6.57. The van der Waals surface area contributed by atoms with Crippen LogP contribution in [0.1, 0.15) is 33.6 Å². The van der Waals surface area contributed by atoms with E-state index in [1.807, 2.05) is 52.2 Å². The van der Waals surface area contributed by atoms with Gasteiger partial charge in [0.05, 0.1) is 31.0 Å². The van der Waals surface area contributed by atoms with Gasteiger partial charge in [0.1, 0.15) is 11.3 Å². The van der Waals surface area contributed by atoms with Gasteiger partial charge < -0.3 is 24.4 Å². The zero-order valence-corrected chi connectivity index (χ0v) is 21.9. The van der Waals surface area contributed by atoms with Crippen LogP contribution in [0.15, 0.2) is 30.6 Å². The van der Waals surface area contributed by atoms with Gasteiger partial charge in [0.25, 0.3) is 0 Å². The molecule has 2 fully saturated rings. The molecular formula is C26H34N6O5. The Hall–Kier alpha value is -3.60. The first-order valence-corrected chi connectivity index (χ1v) is 12.6. The van der Waals surface area contributed by atoms with Crippen LogP contribution in [-0.2, 0) is 21.3 Å². The lowest BCUT2D eigenvalue weighted by atomic mass is 10.1. The summed E-state index contributed by atoms with van der Waals surface area (Å²) in [6, 6.07) is 5.78. The van der Waals surface area contributed by atoms with Gasteiger partial charge in [-0.15, -0.1) is 0 Å². The van der Waals surface area contributed by atoms with Gasteiger partial charge in [-0.3, -0.25) is 9.48 Å². The van der Waals surface area contributed by atoms with E-state index < -0.39 is 5.60 Å². The van der Waals surface area contributed by atoms with Crippen LogP contribution in [-0.4, -0.2) is 74.8 Å². The van der Waals surface area contributed by atoms with E-state index >= 15 is 0 Å². The predicted molar refractivity (Wildman–Crippen MR) is 136 cm³/mol. The maximum absolute atomic E-state index is 12.6. The molecule has 2 amide bonds. The minimum atomic E-state index is -0.557. The van der Waals surface area contributed by atoms with Gasteiger partial charge in [0.2, 0.25) is 5.91 Å². The first kappa shape index (κ1) is 25.1. The van der Waals surface area contributed by atoms with Crippen LogP contribution < -0.4 is 10.1 Å². The molecular weight excluding hydrogens is 476 g/mol. The molecule has 0 radical (unpaired) electrons. The average Bonchev–Trinajstić information content (AvgIpc) is 3.33. The molecule has 1 saturated carbocycles. The third-order valence-electron chi connectivity index (χ3n) is 6.63. The number of amides is 2. The summed E-state index contributed by atoms with van der Waals surface area (Å²) in [7, 11) is 3.51. The van der Waals surface area contributed by atoms with E-state index in [4.69, 9.17) is 14.2 Å². The molecule has 3 aromatic rings. The highest BCUT2D eigenvalue weighted by Gasteiger charge is 2.38. The number of aryl methyl sites for hydroxylation is 1. The van der Waals surface area contributed by atoms with Crippen LogP contribution in [0.5, 0.6) is 5.75 Å². The molecule has 37 heavy (non-hydrogen) atoms. The highest BCUT2D eigenvalue weighted by atomic mass is 16.6. The number of methoxy groups -OCH3 is 1. The lowest BCUT2D eigenvalue weighted by Gasteiger charge is -2.24. The summed E-state index contributed by atoms with van der Waals surface area (Å²) in [5.41, 5.74) is 2.02. The summed E-state index contributed by atoms with van der Waals surface area (Å²) in [6.07, 6.45) is 4.93. The largest absolute Gasteiger partial charge is 0.489 e. The van der Waals surface area contributed by atoms with Crippen LogP contribution in [0.4, 0.5) is 10.6 Å². The van der Waals surface area contributed by atoms with E-state index in [-0.39, 0.29) is 29.9 Å². The van der Waals surface area contributed by atoms with E-state index in [1.165, 1.54) is 0 Å². The Bertz CT molecular complexity index is 1300. The van der Waals surface area contributed by atoms with Crippen molar-refractivity contribution in [1.82, 2.24) is 24.3 Å². The van der Waals surface area contributed by atoms with Crippen molar-refractivity contribution in [2.45, 2.75) is 45.3 Å². The highest BCUT2D eigenvalue weighted by Crippen LogP contribution is 2.33. The van der Waals surface area contributed by atoms with Crippen molar-refractivity contribution < 1.29 is 23.8 Å². The molecule has 11 nitrogen and oxygen atoms in total. The smallest absolute Gasteiger partial charge is 0.410 e. The number of nitrogens with one attached hydrogen (secondary N) is 1. The first-order chi connectivity index (χ1) is 17.6. The second-order valence-corrected chi connectivity index (χ2v) is 10.8. The van der Waals surface area contributed by atoms with Crippen molar-refractivity contribution in [2.24, 2.45) is 18.9 Å². The zero-order chi connectivity index (χ0) is 26.3. The minimum Gasteiger partial charge on any atom is -0.489 e. The van der Waals surface area contributed by atoms with Crippen molar-refractivity contribution in [3.8, 4) is 17.0 Å². The first-order valence-electron chi connectivity index (χ1n) is 12.6. The summed E-state index contributed by atoms with van der Waals surface area (Å²) in [4.78, 5) is 26.3. The monoisotopic (exact) mass is 510 g/mol. The second-order valence-electron chi connectivity index (χ2n) is 10.8. The number of rotatable bonds is 7. The summed E-state index contributed by atoms with van der Waals surface area (Å²) in [5.74, 6) is 1.30. The highest BCUT2D eigenvalue weighted by molar-refractivity contribution is 5.93. The molecule has 0 bridgehead atoms. The lowest BCUT2D eigenvalue weighted by Crippen LogP contribution is -2.36. The topological polar surface area (TPSA) is 112 Å². The third kappa shape index (κ3) is 5.56. The number of hydrogen-bond acceptors (Lipinski definition) is 7. The molecule has 1 saturated heterocycles. The van der Waals surface area contributed by atoms with Crippen molar-refractivity contribution in [1.29, 1.82) is 0 Å². The molecule has 0 aromatic carbocycles. The summed E-state index contributed by atoms with van der Waals surface area (Å²) >= 11 is 0. The maximum atomic E-state index is 12.6. The number of carbonyl (C=O) groups excluding carboxylic acids is 2. The number of hydrogen-bond donors (Lipinski definition) is 1. The number of pyridine rings is 1. The molecule has 2 atom stereocenters. The number of carbonyl (C=O) groups is 2. The van der Waals surface area contributed by atoms with Gasteiger partial charge in [-0.2, -0.15) is 10.2 Å². The Morgan fingerprint density at radius 1 is 1.19 bits per heavy atom. The number of ether oxygens (including phenoxy) is 3. The summed E-state index contributed by atoms with van der Waals surface area (Å²) in [6.45, 7) is 6.86. The Morgan fingerprint density at radius 3 is 2.68 bits per heavy atom. The number of nitrogens with zero attached hydrogens (tertiary/aromatic N) is 5. The normalized spacial score (nSPS) is 19.9. The number of likely N-dealkylation sites (tertiary alicyclic amines) is 1. The lowest BCUT2D eigenvalue weighted by molar-refractivity contribution is -0.117. The molecule has 0 spiro atoms. The van der Waals surface area contributed by atoms with E-state index in [0.29, 0.717) is 31.3 Å². The molecule has 5 rings (SSSR count). The molecule has 1 N–H and O–H groups in total. The molecule has 4 heterocycles. The molecule has 1 aliphatic carbocycles. The molecule has 2 aliphatic rings. The van der Waals surface area contributed by atoms with E-state index in [0.717, 1.165) is 29.6 Å². The quantitative estimate of drug-likeness (QED) is 0.519. The van der Waals surface area contributed by atoms with Gasteiger partial charge in [-0.05, 0) is 45.7 Å². The predicted octanol–water partition coefficient (Wildman–Crippen LogP) is 3.34. The zero-order valence-electron chi connectivity index (χ0n) is 21.9. The van der Waals surface area contributed by atoms with Crippen LogP contribution in [0, 0.1) is 11.8 Å². The minimum absolute atomic E-state index is 0.0134. The Morgan fingerprint density at radius 2 is 1.97 bits per heavy atom. The van der Waals surface area contributed by atoms with E-state index in [1.54, 1.807) is 27.4 Å². The standard InChI is InChI=1S/C26H34N6O5/c1-26(2,3)37-25(34)31-13-18(21(14-31)35-5)15-36-20-12-27-30(4)23(20)17-8-9-32-19(10-17)11-22(29-32)28-24(33)16-6-7-16/h8-12,16,18,21H,6-7,13-15H2,1-5H3,(H,28,29,33)/t18-,21+/m1/s1. The third-order valence-corrected chi connectivity index (χ3v) is 6.63. The molecule has 3 aromatic heterocycles. The summed E-state index contributed by atoms with van der Waals surface area (Å²) < 4.78 is 20.9. The van der Waals surface area contributed by atoms with Gasteiger partial charge in [0.15, 0.2) is 11.6 Å². The van der Waals surface area contributed by atoms with Crippen molar-refractivity contribution in [3.63, 3.8) is 0 Å². The molecule has 11 heteroatoms. The fraction of sp³-hybridized carbons (Fsp3) is 0.538. The van der Waals surface area contributed by atoms with Crippen LogP contribution >= 0.6 is 0 Å². The van der Waals surface area contributed by atoms with Crippen LogP contribution in [0.3, 0.4) is 0 Å². The Labute approximate surface area is 215 Å². The fourth-order valence-corrected chi connectivity index (χ4v) is 4.57. The second kappa shape index (κ2) is 9.70. The maximum Gasteiger partial charge on any atom is 0.410 e. The van der Waals surface area contributed by atoms with Crippen molar-refractivity contribution >= 4 is 23.3 Å². The van der Waals surface area contributed by atoms with Gasteiger partial charge in [0, 0.05) is 50.4 Å². The number of fused-ring (bicyclic) bond motifs is 1. The van der Waals surface area contributed by atoms with Gasteiger partial charge in [-0.1, -0.05) is 0 Å². The van der Waals surface area contributed by atoms with Gasteiger partial charge >= 0.3 is 6.09 Å². The van der Waals surface area contributed by atoms with Crippen LogP contribution in [0.25, 0.3) is 16.8 Å². The molecule has 1 aliphatic heterocycles. The van der Waals surface area contributed by atoms with E-state index in [9.17, 15) is 9.59 Å². The average molecular weight is 511 g/mol. The number of anilines is 1. The van der Waals surface area contributed by atoms with Gasteiger partial charge in [-0.25, -0.2) is 9.31 Å². The van der Waals surface area contributed by atoms with Crippen molar-refractivity contribution in [3.05, 3.63) is 30.6 Å². The summed E-state index contributed by atoms with van der Waals surface area (Å²) in [5, 5.41) is 11.8. The number of aromatic nitrogens is 4.